The first-order chi connectivity index (χ1) is 11.4. The Bertz CT molecular complexity index is 769. The molecule has 4 rings (SSSR count). The summed E-state index contributed by atoms with van der Waals surface area (Å²) >= 11 is 1.65. The summed E-state index contributed by atoms with van der Waals surface area (Å²) in [5.41, 5.74) is 4.60. The van der Waals surface area contributed by atoms with Gasteiger partial charge in [-0.1, -0.05) is 42.1 Å². The number of benzene rings is 1. The van der Waals surface area contributed by atoms with E-state index in [9.17, 15) is 0 Å². The molecule has 1 atom stereocenters. The molecule has 0 bridgehead atoms. The maximum absolute atomic E-state index is 4.50. The first kappa shape index (κ1) is 14.4. The zero-order valence-corrected chi connectivity index (χ0v) is 13.4. The van der Waals surface area contributed by atoms with Crippen LogP contribution in [0.2, 0.25) is 0 Å². The molecule has 6 heteroatoms. The highest BCUT2D eigenvalue weighted by Crippen LogP contribution is 2.26. The second-order valence-electron chi connectivity index (χ2n) is 5.48. The molecule has 0 saturated heterocycles. The Hall–Kier alpha value is -2.18. The highest BCUT2D eigenvalue weighted by molar-refractivity contribution is 7.98. The molecule has 0 spiro atoms. The van der Waals surface area contributed by atoms with Gasteiger partial charge in [-0.25, -0.2) is 15.0 Å². The molecule has 0 radical (unpaired) electrons. The average molecular weight is 323 g/mol. The van der Waals surface area contributed by atoms with E-state index in [1.54, 1.807) is 18.1 Å². The van der Waals surface area contributed by atoms with Gasteiger partial charge in [-0.3, -0.25) is 0 Å². The fraction of sp³-hybridized carbons (Fsp3) is 0.235. The van der Waals surface area contributed by atoms with E-state index in [1.165, 1.54) is 11.3 Å². The molecule has 3 aromatic rings. The fourth-order valence-electron chi connectivity index (χ4n) is 2.77. The van der Waals surface area contributed by atoms with Gasteiger partial charge in [0, 0.05) is 42.4 Å². The summed E-state index contributed by atoms with van der Waals surface area (Å²) in [4.78, 5) is 16.6. The maximum Gasteiger partial charge on any atom is 0.187 e. The van der Waals surface area contributed by atoms with Crippen molar-refractivity contribution in [3.8, 4) is 0 Å². The fourth-order valence-corrected chi connectivity index (χ4v) is 3.51. The molecule has 0 saturated carbocycles. The first-order valence-electron chi connectivity index (χ1n) is 7.64. The number of thioether (sulfide) groups is 1. The number of H-pyrrole nitrogens is 1. The summed E-state index contributed by atoms with van der Waals surface area (Å²) in [6.45, 7) is 0.935. The number of fused-ring (bicyclic) bond motifs is 1. The molecule has 3 heterocycles. The van der Waals surface area contributed by atoms with Gasteiger partial charge >= 0.3 is 0 Å². The molecule has 1 aromatic carbocycles. The Balaban J connectivity index is 1.47. The number of hydrogen-bond donors (Lipinski definition) is 2. The minimum atomic E-state index is 0.0816. The van der Waals surface area contributed by atoms with Gasteiger partial charge in [0.1, 0.15) is 0 Å². The van der Waals surface area contributed by atoms with Crippen molar-refractivity contribution in [1.82, 2.24) is 25.3 Å². The summed E-state index contributed by atoms with van der Waals surface area (Å²) in [7, 11) is 0. The molecule has 5 nitrogen and oxygen atoms in total. The van der Waals surface area contributed by atoms with Crippen LogP contribution in [0.3, 0.4) is 0 Å². The van der Waals surface area contributed by atoms with Crippen LogP contribution in [0, 0.1) is 0 Å². The molecule has 0 amide bonds. The van der Waals surface area contributed by atoms with Crippen LogP contribution in [-0.4, -0.2) is 26.5 Å². The topological polar surface area (TPSA) is 66.5 Å². The van der Waals surface area contributed by atoms with Gasteiger partial charge in [0.15, 0.2) is 5.16 Å². The van der Waals surface area contributed by atoms with Crippen molar-refractivity contribution in [2.45, 2.75) is 23.4 Å². The van der Waals surface area contributed by atoms with Gasteiger partial charge in [-0.15, -0.1) is 0 Å². The van der Waals surface area contributed by atoms with Crippen LogP contribution in [0.15, 0.2) is 54.2 Å². The van der Waals surface area contributed by atoms with Crippen LogP contribution in [-0.2, 0) is 12.2 Å². The summed E-state index contributed by atoms with van der Waals surface area (Å²) in [5.74, 6) is 0.880. The molecule has 116 valence electrons. The number of nitrogens with one attached hydrogen (secondary N) is 2. The summed E-state index contributed by atoms with van der Waals surface area (Å²) < 4.78 is 0. The van der Waals surface area contributed by atoms with Crippen molar-refractivity contribution in [1.29, 1.82) is 0 Å². The maximum atomic E-state index is 4.50. The molecule has 1 aliphatic heterocycles. The second-order valence-corrected chi connectivity index (χ2v) is 6.42. The molecule has 2 aromatic heterocycles. The van der Waals surface area contributed by atoms with Crippen LogP contribution in [0.5, 0.6) is 0 Å². The Morgan fingerprint density at radius 3 is 2.74 bits per heavy atom. The quantitative estimate of drug-likeness (QED) is 0.571. The zero-order valence-electron chi connectivity index (χ0n) is 12.6. The number of aromatic nitrogens is 4. The molecule has 1 aliphatic rings. The third kappa shape index (κ3) is 3.13. The van der Waals surface area contributed by atoms with Gasteiger partial charge in [0.25, 0.3) is 0 Å². The van der Waals surface area contributed by atoms with Crippen molar-refractivity contribution >= 4 is 11.8 Å². The Morgan fingerprint density at radius 1 is 1.09 bits per heavy atom. The van der Waals surface area contributed by atoms with Gasteiger partial charge in [0.2, 0.25) is 0 Å². The number of hydrogen-bond acceptors (Lipinski definition) is 5. The minimum Gasteiger partial charge on any atom is -0.348 e. The molecule has 0 fully saturated rings. The van der Waals surface area contributed by atoms with Crippen LogP contribution >= 0.6 is 11.8 Å². The standard InChI is InChI=1S/C17H17N5S/c1-2-4-12(5-3-1)10-23-17-19-8-13(9-20-17)15-16-14(6-7-18-15)21-11-22-16/h1-5,8-9,11,15,18H,6-7,10H2,(H,21,22). The summed E-state index contributed by atoms with van der Waals surface area (Å²) in [6, 6.07) is 10.4. The highest BCUT2D eigenvalue weighted by Gasteiger charge is 2.24. The lowest BCUT2D eigenvalue weighted by Gasteiger charge is -2.22. The Morgan fingerprint density at radius 2 is 1.91 bits per heavy atom. The first-order valence-corrected chi connectivity index (χ1v) is 8.63. The van der Waals surface area contributed by atoms with E-state index in [0.717, 1.165) is 35.1 Å². The average Bonchev–Trinajstić information content (AvgIpc) is 3.10. The van der Waals surface area contributed by atoms with Crippen LogP contribution < -0.4 is 5.32 Å². The second kappa shape index (κ2) is 6.52. The van der Waals surface area contributed by atoms with E-state index in [1.807, 2.05) is 18.5 Å². The van der Waals surface area contributed by atoms with E-state index in [0.29, 0.717) is 0 Å². The Kier molecular flexibility index (Phi) is 4.08. The van der Waals surface area contributed by atoms with E-state index in [2.05, 4.69) is 49.5 Å². The summed E-state index contributed by atoms with van der Waals surface area (Å²) in [6.07, 6.45) is 6.55. The van der Waals surface area contributed by atoms with E-state index in [4.69, 9.17) is 0 Å². The lowest BCUT2D eigenvalue weighted by Crippen LogP contribution is -2.30. The largest absolute Gasteiger partial charge is 0.348 e. The molecule has 0 aliphatic carbocycles. The molecule has 1 unspecified atom stereocenters. The van der Waals surface area contributed by atoms with Crippen molar-refractivity contribution in [3.05, 3.63) is 71.6 Å². The zero-order chi connectivity index (χ0) is 15.5. The van der Waals surface area contributed by atoms with Crippen LogP contribution in [0.25, 0.3) is 0 Å². The molecular formula is C17H17N5S. The number of imidazole rings is 1. The molecule has 2 N–H and O–H groups in total. The minimum absolute atomic E-state index is 0.0816. The number of aromatic amines is 1. The van der Waals surface area contributed by atoms with Crippen molar-refractivity contribution in [2.24, 2.45) is 0 Å². The van der Waals surface area contributed by atoms with Gasteiger partial charge in [0.05, 0.1) is 18.1 Å². The molecular weight excluding hydrogens is 306 g/mol. The van der Waals surface area contributed by atoms with E-state index >= 15 is 0 Å². The normalized spacial score (nSPS) is 17.0. The lowest BCUT2D eigenvalue weighted by molar-refractivity contribution is 0.549. The number of rotatable bonds is 4. The van der Waals surface area contributed by atoms with Crippen molar-refractivity contribution < 1.29 is 0 Å². The smallest absolute Gasteiger partial charge is 0.187 e. The monoisotopic (exact) mass is 323 g/mol. The predicted octanol–water partition coefficient (Wildman–Crippen LogP) is 2.73. The van der Waals surface area contributed by atoms with Crippen LogP contribution in [0.4, 0.5) is 0 Å². The van der Waals surface area contributed by atoms with E-state index < -0.39 is 0 Å². The van der Waals surface area contributed by atoms with Crippen molar-refractivity contribution in [2.75, 3.05) is 6.54 Å². The molecule has 23 heavy (non-hydrogen) atoms. The third-order valence-corrected chi connectivity index (χ3v) is 4.89. The SMILES string of the molecule is c1ccc(CSc2ncc(C3NCCc4[nH]cnc43)cn2)cc1. The van der Waals surface area contributed by atoms with Gasteiger partial charge in [-0.05, 0) is 5.56 Å². The van der Waals surface area contributed by atoms with Gasteiger partial charge in [-0.2, -0.15) is 0 Å². The number of nitrogens with zero attached hydrogens (tertiary/aromatic N) is 3. The van der Waals surface area contributed by atoms with Crippen molar-refractivity contribution in [3.63, 3.8) is 0 Å². The van der Waals surface area contributed by atoms with E-state index in [-0.39, 0.29) is 6.04 Å². The highest BCUT2D eigenvalue weighted by atomic mass is 32.2. The summed E-state index contributed by atoms with van der Waals surface area (Å²) in [5, 5.41) is 4.29. The Labute approximate surface area is 139 Å². The third-order valence-electron chi connectivity index (χ3n) is 3.94. The van der Waals surface area contributed by atoms with Crippen LogP contribution in [0.1, 0.15) is 28.6 Å². The predicted molar refractivity (Wildman–Crippen MR) is 90.2 cm³/mol. The van der Waals surface area contributed by atoms with Gasteiger partial charge < -0.3 is 10.3 Å². The lowest BCUT2D eigenvalue weighted by atomic mass is 10.0.